The van der Waals surface area contributed by atoms with E-state index in [0.717, 1.165) is 10.0 Å². The van der Waals surface area contributed by atoms with E-state index in [4.69, 9.17) is 9.15 Å². The van der Waals surface area contributed by atoms with E-state index in [9.17, 15) is 14.7 Å². The van der Waals surface area contributed by atoms with Gasteiger partial charge in [0.15, 0.2) is 0 Å². The third-order valence-corrected chi connectivity index (χ3v) is 4.35. The van der Waals surface area contributed by atoms with Gasteiger partial charge in [-0.2, -0.15) is 0 Å². The molecule has 0 fully saturated rings. The first-order valence-electron chi connectivity index (χ1n) is 7.57. The predicted octanol–water partition coefficient (Wildman–Crippen LogP) is 3.05. The van der Waals surface area contributed by atoms with Gasteiger partial charge in [0, 0.05) is 10.5 Å². The van der Waals surface area contributed by atoms with Crippen LogP contribution in [0.5, 0.6) is 5.75 Å². The van der Waals surface area contributed by atoms with Crippen LogP contribution >= 0.6 is 15.9 Å². The van der Waals surface area contributed by atoms with E-state index in [1.54, 1.807) is 19.1 Å². The van der Waals surface area contributed by atoms with Gasteiger partial charge in [0.25, 0.3) is 0 Å². The van der Waals surface area contributed by atoms with Gasteiger partial charge in [0.1, 0.15) is 23.2 Å². The van der Waals surface area contributed by atoms with Gasteiger partial charge >= 0.3 is 0 Å². The van der Waals surface area contributed by atoms with Crippen LogP contribution in [-0.4, -0.2) is 12.1 Å². The monoisotopic (exact) mass is 401 g/mol. The van der Waals surface area contributed by atoms with Gasteiger partial charge in [0.05, 0.1) is 16.9 Å². The van der Waals surface area contributed by atoms with Crippen LogP contribution in [-0.2, 0) is 4.79 Å². The van der Waals surface area contributed by atoms with E-state index in [-0.39, 0.29) is 5.43 Å². The second-order valence-electron chi connectivity index (χ2n) is 5.61. The molecule has 1 aromatic heterocycles. The summed E-state index contributed by atoms with van der Waals surface area (Å²) in [4.78, 5) is 23.6. The molecule has 0 aliphatic carbocycles. The quantitative estimate of drug-likeness (QED) is 0.670. The summed E-state index contributed by atoms with van der Waals surface area (Å²) in [6, 6.07) is 12.0. The maximum Gasteiger partial charge on any atom is 0.200 e. The van der Waals surface area contributed by atoms with Crippen molar-refractivity contribution in [3.05, 3.63) is 62.9 Å². The van der Waals surface area contributed by atoms with Crippen LogP contribution in [0.4, 0.5) is 0 Å². The summed E-state index contributed by atoms with van der Waals surface area (Å²) in [5.74, 6) is -0.545. The number of aliphatic carboxylic acids is 1. The van der Waals surface area contributed by atoms with Crippen molar-refractivity contribution in [1.29, 1.82) is 0 Å². The number of fused-ring (bicyclic) bond motifs is 1. The Hall–Kier alpha value is -2.60. The fourth-order valence-corrected chi connectivity index (χ4v) is 2.83. The molecular weight excluding hydrogens is 388 g/mol. The maximum absolute atomic E-state index is 12.9. The topological polar surface area (TPSA) is 79.6 Å². The Balaban J connectivity index is 2.10. The first-order chi connectivity index (χ1) is 11.9. The number of carboxylic acids is 1. The number of hydrogen-bond acceptors (Lipinski definition) is 5. The number of ether oxygens (including phenoxy) is 1. The first-order valence-corrected chi connectivity index (χ1v) is 8.37. The highest BCUT2D eigenvalue weighted by Gasteiger charge is 2.15. The summed E-state index contributed by atoms with van der Waals surface area (Å²) < 4.78 is 12.0. The highest BCUT2D eigenvalue weighted by atomic mass is 79.9. The zero-order valence-electron chi connectivity index (χ0n) is 13.5. The molecule has 0 radical (unpaired) electrons. The van der Waals surface area contributed by atoms with Gasteiger partial charge in [-0.3, -0.25) is 4.79 Å². The van der Waals surface area contributed by atoms with Crippen molar-refractivity contribution in [3.8, 4) is 16.9 Å². The molecule has 0 spiro atoms. The molecule has 0 aliphatic heterocycles. The normalized spacial score (nSPS) is 12.1. The zero-order valence-corrected chi connectivity index (χ0v) is 15.1. The molecule has 2 aromatic carbocycles. The summed E-state index contributed by atoms with van der Waals surface area (Å²) in [6.07, 6.45) is -1.10. The lowest BCUT2D eigenvalue weighted by Gasteiger charge is -2.15. The maximum atomic E-state index is 12.9. The van der Waals surface area contributed by atoms with Crippen molar-refractivity contribution in [1.82, 2.24) is 0 Å². The number of carboxylic acid groups (broad SMARTS) is 1. The summed E-state index contributed by atoms with van der Waals surface area (Å²) in [7, 11) is 0. The Morgan fingerprint density at radius 1 is 1.20 bits per heavy atom. The average molecular weight is 402 g/mol. The zero-order chi connectivity index (χ0) is 18.1. The molecule has 3 aromatic rings. The molecule has 0 amide bonds. The molecule has 6 heteroatoms. The standard InChI is InChI=1S/C19H15BrO5/c1-10-17(12-3-5-13(20)6-4-12)18(21)15-8-7-14(9-16(15)25-10)24-11(2)19(22)23/h3-9,11H,1-2H3,(H,22,23)/p-1/t11-/m1/s1. The van der Waals surface area contributed by atoms with Crippen LogP contribution in [0.1, 0.15) is 12.7 Å². The molecule has 128 valence electrons. The minimum Gasteiger partial charge on any atom is -0.546 e. The lowest BCUT2D eigenvalue weighted by Crippen LogP contribution is -2.37. The van der Waals surface area contributed by atoms with Crippen LogP contribution in [0.3, 0.4) is 0 Å². The number of hydrogen-bond donors (Lipinski definition) is 0. The van der Waals surface area contributed by atoms with Gasteiger partial charge < -0.3 is 19.1 Å². The minimum atomic E-state index is -1.32. The Kier molecular flexibility index (Phi) is 4.63. The molecule has 5 nitrogen and oxygen atoms in total. The van der Waals surface area contributed by atoms with Crippen molar-refractivity contribution in [2.45, 2.75) is 20.0 Å². The summed E-state index contributed by atoms with van der Waals surface area (Å²) >= 11 is 3.37. The summed E-state index contributed by atoms with van der Waals surface area (Å²) in [6.45, 7) is 3.09. The predicted molar refractivity (Wildman–Crippen MR) is 95.5 cm³/mol. The highest BCUT2D eigenvalue weighted by Crippen LogP contribution is 2.27. The van der Waals surface area contributed by atoms with Gasteiger partial charge in [0.2, 0.25) is 5.43 Å². The Morgan fingerprint density at radius 3 is 2.52 bits per heavy atom. The Labute approximate surface area is 152 Å². The molecule has 0 unspecified atom stereocenters. The minimum absolute atomic E-state index is 0.152. The van der Waals surface area contributed by atoms with Crippen LogP contribution in [0.15, 0.2) is 56.1 Å². The first kappa shape index (κ1) is 17.2. The van der Waals surface area contributed by atoms with E-state index in [0.29, 0.717) is 28.0 Å². The van der Waals surface area contributed by atoms with Crippen molar-refractivity contribution in [3.63, 3.8) is 0 Å². The summed E-state index contributed by atoms with van der Waals surface area (Å²) in [5, 5.41) is 11.2. The smallest absolute Gasteiger partial charge is 0.200 e. The molecule has 0 N–H and O–H groups in total. The number of carbonyl (C=O) groups is 1. The van der Waals surface area contributed by atoms with E-state index < -0.39 is 12.1 Å². The second-order valence-corrected chi connectivity index (χ2v) is 6.52. The number of rotatable bonds is 4. The molecular formula is C19H14BrO5-. The largest absolute Gasteiger partial charge is 0.546 e. The highest BCUT2D eigenvalue weighted by molar-refractivity contribution is 9.10. The Bertz CT molecular complexity index is 1000. The van der Waals surface area contributed by atoms with Gasteiger partial charge in [-0.25, -0.2) is 0 Å². The van der Waals surface area contributed by atoms with Crippen LogP contribution in [0.25, 0.3) is 22.1 Å². The number of halogens is 1. The number of carbonyl (C=O) groups excluding carboxylic acids is 1. The molecule has 0 aliphatic rings. The van der Waals surface area contributed by atoms with Crippen molar-refractivity contribution < 1.29 is 19.1 Å². The van der Waals surface area contributed by atoms with Crippen molar-refractivity contribution >= 4 is 32.9 Å². The summed E-state index contributed by atoms with van der Waals surface area (Å²) in [5.41, 5.74) is 1.45. The average Bonchev–Trinajstić information content (AvgIpc) is 2.56. The lowest BCUT2D eigenvalue weighted by atomic mass is 10.0. The molecule has 25 heavy (non-hydrogen) atoms. The Morgan fingerprint density at radius 2 is 1.88 bits per heavy atom. The van der Waals surface area contributed by atoms with Crippen LogP contribution < -0.4 is 15.3 Å². The number of benzene rings is 2. The van der Waals surface area contributed by atoms with Gasteiger partial charge in [-0.05, 0) is 43.7 Å². The van der Waals surface area contributed by atoms with E-state index in [1.165, 1.54) is 13.0 Å². The third-order valence-electron chi connectivity index (χ3n) is 3.82. The molecule has 0 saturated heterocycles. The van der Waals surface area contributed by atoms with E-state index in [2.05, 4.69) is 15.9 Å². The van der Waals surface area contributed by atoms with E-state index >= 15 is 0 Å². The SMILES string of the molecule is Cc1oc2cc(O[C@H](C)C(=O)[O-])ccc2c(=O)c1-c1ccc(Br)cc1. The third kappa shape index (κ3) is 3.44. The number of aryl methyl sites for hydroxylation is 1. The van der Waals surface area contributed by atoms with Crippen LogP contribution in [0.2, 0.25) is 0 Å². The lowest BCUT2D eigenvalue weighted by molar-refractivity contribution is -0.312. The van der Waals surface area contributed by atoms with Crippen molar-refractivity contribution in [2.24, 2.45) is 0 Å². The van der Waals surface area contributed by atoms with Crippen molar-refractivity contribution in [2.75, 3.05) is 0 Å². The molecule has 1 heterocycles. The molecule has 0 saturated carbocycles. The van der Waals surface area contributed by atoms with Gasteiger partial charge in [-0.15, -0.1) is 0 Å². The fourth-order valence-electron chi connectivity index (χ4n) is 2.56. The fraction of sp³-hybridized carbons (Fsp3) is 0.158. The molecule has 1 atom stereocenters. The molecule has 0 bridgehead atoms. The second kappa shape index (κ2) is 6.72. The molecule has 3 rings (SSSR count). The van der Waals surface area contributed by atoms with E-state index in [1.807, 2.05) is 24.3 Å². The van der Waals surface area contributed by atoms with Crippen LogP contribution in [0, 0.1) is 6.92 Å². The van der Waals surface area contributed by atoms with Gasteiger partial charge in [-0.1, -0.05) is 28.1 Å².